The number of nitrogens with zero attached hydrogens (tertiary/aromatic N) is 3. The molecule has 0 radical (unpaired) electrons. The van der Waals surface area contributed by atoms with Crippen LogP contribution in [0, 0.1) is 6.92 Å². The van der Waals surface area contributed by atoms with Crippen molar-refractivity contribution < 1.29 is 13.9 Å². The van der Waals surface area contributed by atoms with Crippen LogP contribution in [-0.4, -0.2) is 41.7 Å². The van der Waals surface area contributed by atoms with E-state index in [1.165, 1.54) is 0 Å². The number of hydrogen-bond donors (Lipinski definition) is 2. The minimum absolute atomic E-state index is 0.0627. The van der Waals surface area contributed by atoms with E-state index in [2.05, 4.69) is 10.4 Å². The van der Waals surface area contributed by atoms with Crippen LogP contribution < -0.4 is 16.0 Å². The maximum Gasteiger partial charge on any atom is 0.274 e. The predicted octanol–water partition coefficient (Wildman–Crippen LogP) is 3.02. The Morgan fingerprint density at radius 2 is 2.03 bits per heavy atom. The van der Waals surface area contributed by atoms with Gasteiger partial charge in [-0.2, -0.15) is 5.10 Å². The molecule has 0 aliphatic carbocycles. The highest BCUT2D eigenvalue weighted by molar-refractivity contribution is 6.03. The van der Waals surface area contributed by atoms with E-state index in [0.29, 0.717) is 31.1 Å². The third-order valence-electron chi connectivity index (χ3n) is 4.98. The lowest BCUT2D eigenvalue weighted by Crippen LogP contribution is -2.42. The number of aromatic nitrogens is 2. The van der Waals surface area contributed by atoms with Crippen LogP contribution in [-0.2, 0) is 11.3 Å². The second-order valence-electron chi connectivity index (χ2n) is 7.16. The van der Waals surface area contributed by atoms with Crippen LogP contribution in [0.25, 0.3) is 5.69 Å². The highest BCUT2D eigenvalue weighted by Crippen LogP contribution is 2.23. The number of aryl methyl sites for hydroxylation is 1. The third kappa shape index (κ3) is 4.19. The molecule has 156 valence electrons. The fourth-order valence-electron chi connectivity index (χ4n) is 3.47. The Labute approximate surface area is 174 Å². The van der Waals surface area contributed by atoms with E-state index in [-0.39, 0.29) is 12.5 Å². The molecule has 0 saturated carbocycles. The Morgan fingerprint density at radius 3 is 2.77 bits per heavy atom. The minimum atomic E-state index is -1.17. The molecule has 7 nitrogen and oxygen atoms in total. The molecule has 3 aromatic rings. The first-order valence-electron chi connectivity index (χ1n) is 9.81. The number of alkyl halides is 1. The molecular formula is C22H24FN5O2. The molecule has 8 heteroatoms. The highest BCUT2D eigenvalue weighted by atomic mass is 19.1. The van der Waals surface area contributed by atoms with Gasteiger partial charge in [0.2, 0.25) is 0 Å². The summed E-state index contributed by atoms with van der Waals surface area (Å²) in [5.41, 5.74) is 9.98. The molecular weight excluding hydrogens is 385 g/mol. The second-order valence-corrected chi connectivity index (χ2v) is 7.16. The topological polar surface area (TPSA) is 85.4 Å². The van der Waals surface area contributed by atoms with E-state index in [0.717, 1.165) is 22.6 Å². The molecule has 1 fully saturated rings. The van der Waals surface area contributed by atoms with Gasteiger partial charge in [0.05, 0.1) is 24.6 Å². The summed E-state index contributed by atoms with van der Waals surface area (Å²) >= 11 is 0. The van der Waals surface area contributed by atoms with Gasteiger partial charge in [0.15, 0.2) is 6.30 Å². The largest absolute Gasteiger partial charge is 0.375 e. The van der Waals surface area contributed by atoms with Gasteiger partial charge in [-0.1, -0.05) is 12.1 Å². The van der Waals surface area contributed by atoms with Crippen molar-refractivity contribution >= 4 is 17.3 Å². The van der Waals surface area contributed by atoms with Gasteiger partial charge in [-0.05, 0) is 55.0 Å². The van der Waals surface area contributed by atoms with Crippen molar-refractivity contribution in [3.05, 3.63) is 71.5 Å². The number of nitrogens with one attached hydrogen (secondary N) is 1. The molecule has 0 spiro atoms. The van der Waals surface area contributed by atoms with Crippen LogP contribution >= 0.6 is 0 Å². The van der Waals surface area contributed by atoms with E-state index < -0.39 is 6.30 Å². The fourth-order valence-corrected chi connectivity index (χ4v) is 3.47. The molecule has 1 saturated heterocycles. The number of halogens is 1. The van der Waals surface area contributed by atoms with E-state index in [9.17, 15) is 9.18 Å². The molecule has 1 aromatic heterocycles. The Kier molecular flexibility index (Phi) is 5.78. The summed E-state index contributed by atoms with van der Waals surface area (Å²) in [6, 6.07) is 16.5. The van der Waals surface area contributed by atoms with Gasteiger partial charge in [-0.3, -0.25) is 4.79 Å². The molecule has 3 N–H and O–H groups in total. The fraction of sp³-hybridized carbons (Fsp3) is 0.273. The second kappa shape index (κ2) is 8.64. The Bertz CT molecular complexity index is 1030. The Morgan fingerprint density at radius 1 is 1.23 bits per heavy atom. The average molecular weight is 409 g/mol. The zero-order chi connectivity index (χ0) is 21.1. The molecule has 1 atom stereocenters. The number of morpholine rings is 1. The zero-order valence-electron chi connectivity index (χ0n) is 16.7. The van der Waals surface area contributed by atoms with Crippen LogP contribution in [0.1, 0.15) is 21.7 Å². The average Bonchev–Trinajstić information content (AvgIpc) is 3.17. The van der Waals surface area contributed by atoms with E-state index in [1.807, 2.05) is 31.2 Å². The number of hydrogen-bond acceptors (Lipinski definition) is 5. The number of nitrogens with two attached hydrogens (primary N) is 1. The summed E-state index contributed by atoms with van der Waals surface area (Å²) in [6.07, 6.45) is -1.17. The van der Waals surface area contributed by atoms with Crippen LogP contribution in [0.4, 0.5) is 15.8 Å². The monoisotopic (exact) mass is 409 g/mol. The van der Waals surface area contributed by atoms with Gasteiger partial charge in [-0.15, -0.1) is 0 Å². The summed E-state index contributed by atoms with van der Waals surface area (Å²) in [6.45, 7) is 3.30. The normalized spacial score (nSPS) is 16.5. The lowest BCUT2D eigenvalue weighted by atomic mass is 10.2. The zero-order valence-corrected chi connectivity index (χ0v) is 16.7. The molecule has 2 heterocycles. The van der Waals surface area contributed by atoms with Gasteiger partial charge in [0.25, 0.3) is 5.91 Å². The van der Waals surface area contributed by atoms with E-state index >= 15 is 0 Å². The SMILES string of the molecule is Cc1cc(C(=O)Nc2ccc(N3CCOCC3F)cc2)n(-c2cccc(CN)c2)n1. The molecule has 30 heavy (non-hydrogen) atoms. The van der Waals surface area contributed by atoms with Gasteiger partial charge in [0.1, 0.15) is 5.69 Å². The number of carbonyl (C=O) groups excluding carboxylic acids is 1. The lowest BCUT2D eigenvalue weighted by Gasteiger charge is -2.32. The number of anilines is 2. The molecule has 1 unspecified atom stereocenters. The third-order valence-corrected chi connectivity index (χ3v) is 4.98. The number of amides is 1. The quantitative estimate of drug-likeness (QED) is 0.633. The first-order chi connectivity index (χ1) is 14.5. The van der Waals surface area contributed by atoms with Crippen molar-refractivity contribution in [2.24, 2.45) is 5.73 Å². The van der Waals surface area contributed by atoms with E-state index in [1.54, 1.807) is 39.9 Å². The van der Waals surface area contributed by atoms with E-state index in [4.69, 9.17) is 10.5 Å². The molecule has 1 aliphatic heterocycles. The maximum absolute atomic E-state index is 14.0. The Hall–Kier alpha value is -3.23. The number of benzene rings is 2. The smallest absolute Gasteiger partial charge is 0.274 e. The first-order valence-corrected chi connectivity index (χ1v) is 9.81. The van der Waals surface area contributed by atoms with Crippen molar-refractivity contribution in [2.75, 3.05) is 30.0 Å². The van der Waals surface area contributed by atoms with Crippen molar-refractivity contribution in [1.29, 1.82) is 0 Å². The summed E-state index contributed by atoms with van der Waals surface area (Å²) in [5, 5.41) is 7.35. The predicted molar refractivity (Wildman–Crippen MR) is 114 cm³/mol. The van der Waals surface area contributed by atoms with Crippen LogP contribution in [0.3, 0.4) is 0 Å². The molecule has 1 aliphatic rings. The lowest BCUT2D eigenvalue weighted by molar-refractivity contribution is 0.0497. The number of carbonyl (C=O) groups is 1. The van der Waals surface area contributed by atoms with Crippen molar-refractivity contribution in [3.63, 3.8) is 0 Å². The maximum atomic E-state index is 14.0. The highest BCUT2D eigenvalue weighted by Gasteiger charge is 2.22. The minimum Gasteiger partial charge on any atom is -0.375 e. The number of ether oxygens (including phenoxy) is 1. The van der Waals surface area contributed by atoms with Crippen molar-refractivity contribution in [3.8, 4) is 5.69 Å². The standard InChI is InChI=1S/C22H24FN5O2/c1-15-11-20(28(26-15)19-4-2-3-16(12-19)13-24)22(29)25-17-5-7-18(8-6-17)27-9-10-30-14-21(27)23/h2-8,11-12,21H,9-10,13-14,24H2,1H3,(H,25,29). The summed E-state index contributed by atoms with van der Waals surface area (Å²) in [7, 11) is 0. The molecule has 0 bridgehead atoms. The van der Waals surface area contributed by atoms with Crippen LogP contribution in [0.5, 0.6) is 0 Å². The molecule has 4 rings (SSSR count). The summed E-state index contributed by atoms with van der Waals surface area (Å²) in [4.78, 5) is 14.6. The van der Waals surface area contributed by atoms with Gasteiger partial charge < -0.3 is 20.7 Å². The molecule has 1 amide bonds. The van der Waals surface area contributed by atoms with Gasteiger partial charge in [0, 0.05) is 24.5 Å². The van der Waals surface area contributed by atoms with Gasteiger partial charge in [-0.25, -0.2) is 9.07 Å². The van der Waals surface area contributed by atoms with Gasteiger partial charge >= 0.3 is 0 Å². The van der Waals surface area contributed by atoms with Crippen molar-refractivity contribution in [1.82, 2.24) is 9.78 Å². The van der Waals surface area contributed by atoms with Crippen LogP contribution in [0.15, 0.2) is 54.6 Å². The first kappa shape index (κ1) is 20.1. The molecule has 2 aromatic carbocycles. The summed E-state index contributed by atoms with van der Waals surface area (Å²) < 4.78 is 20.8. The Balaban J connectivity index is 1.53. The number of rotatable bonds is 5. The van der Waals surface area contributed by atoms with Crippen molar-refractivity contribution in [2.45, 2.75) is 19.8 Å². The van der Waals surface area contributed by atoms with Crippen LogP contribution in [0.2, 0.25) is 0 Å². The summed E-state index contributed by atoms with van der Waals surface area (Å²) in [5.74, 6) is -0.281.